The monoisotopic (exact) mass is 557 g/mol. The molecule has 2 aromatic carbocycles. The first-order valence-corrected chi connectivity index (χ1v) is 12.6. The Morgan fingerprint density at radius 2 is 1.62 bits per heavy atom. The Morgan fingerprint density at radius 1 is 0.973 bits per heavy atom. The molecule has 3 unspecified atom stereocenters. The maximum absolute atomic E-state index is 12.9. The number of rotatable bonds is 17. The number of benzene rings is 2. The molecule has 210 valence electrons. The molecule has 5 N–H and O–H groups in total. The van der Waals surface area contributed by atoms with Crippen LogP contribution in [0.15, 0.2) is 54.6 Å². The van der Waals surface area contributed by atoms with E-state index < -0.39 is 6.10 Å². The van der Waals surface area contributed by atoms with Crippen molar-refractivity contribution in [3.05, 3.63) is 65.7 Å². The van der Waals surface area contributed by atoms with Gasteiger partial charge in [-0.05, 0) is 48.8 Å². The molecular weight excluding hydrogens is 513 g/mol. The topological polar surface area (TPSA) is 106 Å². The molecule has 0 heterocycles. The van der Waals surface area contributed by atoms with Crippen LogP contribution in [-0.4, -0.2) is 56.6 Å². The van der Waals surface area contributed by atoms with Gasteiger partial charge in [0.1, 0.15) is 5.75 Å². The highest BCUT2D eigenvalue weighted by Crippen LogP contribution is 2.20. The number of hydrogen-bond acceptors (Lipinski definition) is 6. The first-order chi connectivity index (χ1) is 16.9. The van der Waals surface area contributed by atoms with E-state index in [-0.39, 0.29) is 42.7 Å². The lowest BCUT2D eigenvalue weighted by molar-refractivity contribution is 0.0927. The van der Waals surface area contributed by atoms with E-state index in [1.165, 1.54) is 0 Å². The van der Waals surface area contributed by atoms with Gasteiger partial charge in [0, 0.05) is 39.4 Å². The van der Waals surface area contributed by atoms with Gasteiger partial charge < -0.3 is 30.9 Å². The zero-order valence-electron chi connectivity index (χ0n) is 22.2. The number of halogens is 2. The van der Waals surface area contributed by atoms with Gasteiger partial charge in [-0.25, -0.2) is 0 Å². The van der Waals surface area contributed by atoms with Crippen molar-refractivity contribution in [1.29, 1.82) is 0 Å². The van der Waals surface area contributed by atoms with Gasteiger partial charge in [-0.1, -0.05) is 56.3 Å². The molecular formula is C28H45Cl2N3O4. The maximum atomic E-state index is 12.9. The first-order valence-electron chi connectivity index (χ1n) is 12.6. The van der Waals surface area contributed by atoms with Crippen molar-refractivity contribution in [3.63, 3.8) is 0 Å². The van der Waals surface area contributed by atoms with E-state index in [1.54, 1.807) is 13.2 Å². The van der Waals surface area contributed by atoms with Crippen LogP contribution >= 0.6 is 24.8 Å². The minimum atomic E-state index is -0.664. The van der Waals surface area contributed by atoms with Crippen molar-refractivity contribution >= 4 is 30.7 Å². The SMILES string of the molecule is COCCCCOc1ccccc1C(=O)NCC(CC(N)C(O)CNCc1ccccc1)C(C)C.Cl.Cl. The largest absolute Gasteiger partial charge is 0.493 e. The van der Waals surface area contributed by atoms with E-state index in [1.807, 2.05) is 48.5 Å². The van der Waals surface area contributed by atoms with Crippen LogP contribution in [0.5, 0.6) is 5.75 Å². The molecule has 0 spiro atoms. The number of ether oxygens (including phenoxy) is 2. The maximum Gasteiger partial charge on any atom is 0.255 e. The number of carbonyl (C=O) groups excluding carboxylic acids is 1. The number of methoxy groups -OCH3 is 1. The molecule has 2 aromatic rings. The van der Waals surface area contributed by atoms with Gasteiger partial charge in [0.15, 0.2) is 0 Å². The highest BCUT2D eigenvalue weighted by molar-refractivity contribution is 5.96. The molecule has 3 atom stereocenters. The number of nitrogens with two attached hydrogens (primary N) is 1. The third-order valence-corrected chi connectivity index (χ3v) is 6.19. The minimum Gasteiger partial charge on any atom is -0.493 e. The molecule has 37 heavy (non-hydrogen) atoms. The summed E-state index contributed by atoms with van der Waals surface area (Å²) in [4.78, 5) is 12.9. The standard InChI is InChI=1S/C28H43N3O4.2ClH/c1-21(2)23(17-25(29)26(32)20-30-18-22-11-5-4-6-12-22)19-31-28(33)24-13-7-8-14-27(24)35-16-10-9-15-34-3;;/h4-8,11-14,21,23,25-26,30,32H,9-10,15-20,29H2,1-3H3,(H,31,33);2*1H. The minimum absolute atomic E-state index is 0. The quantitative estimate of drug-likeness (QED) is 0.217. The molecule has 0 saturated heterocycles. The molecule has 0 aliphatic rings. The van der Waals surface area contributed by atoms with Gasteiger partial charge in [0.05, 0.1) is 18.3 Å². The molecule has 0 fully saturated rings. The average molecular weight is 559 g/mol. The second kappa shape index (κ2) is 20.1. The third kappa shape index (κ3) is 13.5. The third-order valence-electron chi connectivity index (χ3n) is 6.19. The predicted octanol–water partition coefficient (Wildman–Crippen LogP) is 4.21. The molecule has 0 bridgehead atoms. The van der Waals surface area contributed by atoms with Crippen molar-refractivity contribution in [2.24, 2.45) is 17.6 Å². The molecule has 1 amide bonds. The van der Waals surface area contributed by atoms with E-state index >= 15 is 0 Å². The predicted molar refractivity (Wildman–Crippen MR) is 155 cm³/mol. The van der Waals surface area contributed by atoms with E-state index in [2.05, 4.69) is 24.5 Å². The van der Waals surface area contributed by atoms with E-state index in [4.69, 9.17) is 15.2 Å². The number of unbranched alkanes of at least 4 members (excludes halogenated alkanes) is 1. The fraction of sp³-hybridized carbons (Fsp3) is 0.536. The van der Waals surface area contributed by atoms with Crippen LogP contribution in [0.4, 0.5) is 0 Å². The van der Waals surface area contributed by atoms with Crippen LogP contribution in [-0.2, 0) is 11.3 Å². The summed E-state index contributed by atoms with van der Waals surface area (Å²) in [6, 6.07) is 17.0. The molecule has 0 aliphatic heterocycles. The van der Waals surface area contributed by atoms with Crippen LogP contribution in [0.2, 0.25) is 0 Å². The highest BCUT2D eigenvalue weighted by Gasteiger charge is 2.23. The van der Waals surface area contributed by atoms with Crippen molar-refractivity contribution in [1.82, 2.24) is 10.6 Å². The molecule has 2 rings (SSSR count). The van der Waals surface area contributed by atoms with Gasteiger partial charge in [0.2, 0.25) is 0 Å². The molecule has 0 aromatic heterocycles. The van der Waals surface area contributed by atoms with Crippen LogP contribution in [0.1, 0.15) is 49.0 Å². The van der Waals surface area contributed by atoms with Crippen LogP contribution in [0.3, 0.4) is 0 Å². The summed E-state index contributed by atoms with van der Waals surface area (Å²) in [5, 5.41) is 16.9. The second-order valence-corrected chi connectivity index (χ2v) is 9.34. The number of aliphatic hydroxyl groups excluding tert-OH is 1. The van der Waals surface area contributed by atoms with Gasteiger partial charge >= 0.3 is 0 Å². The zero-order chi connectivity index (χ0) is 25.5. The van der Waals surface area contributed by atoms with Crippen molar-refractivity contribution < 1.29 is 19.4 Å². The zero-order valence-corrected chi connectivity index (χ0v) is 23.9. The van der Waals surface area contributed by atoms with E-state index in [9.17, 15) is 9.90 Å². The second-order valence-electron chi connectivity index (χ2n) is 9.34. The van der Waals surface area contributed by atoms with Gasteiger partial charge in [-0.2, -0.15) is 0 Å². The molecule has 0 radical (unpaired) electrons. The molecule has 9 heteroatoms. The summed E-state index contributed by atoms with van der Waals surface area (Å²) in [5.41, 5.74) is 8.02. The summed E-state index contributed by atoms with van der Waals surface area (Å²) in [5.74, 6) is 0.861. The van der Waals surface area contributed by atoms with Crippen LogP contribution in [0.25, 0.3) is 0 Å². The van der Waals surface area contributed by atoms with Gasteiger partial charge in [0.25, 0.3) is 5.91 Å². The summed E-state index contributed by atoms with van der Waals surface area (Å²) in [6.45, 7) is 7.04. The highest BCUT2D eigenvalue weighted by atomic mass is 35.5. The van der Waals surface area contributed by atoms with Gasteiger partial charge in [-0.15, -0.1) is 24.8 Å². The van der Waals surface area contributed by atoms with Crippen molar-refractivity contribution in [3.8, 4) is 5.75 Å². The summed E-state index contributed by atoms with van der Waals surface area (Å²) in [7, 11) is 1.68. The molecule has 0 aliphatic carbocycles. The van der Waals surface area contributed by atoms with Crippen molar-refractivity contribution in [2.45, 2.75) is 51.8 Å². The normalized spacial score (nSPS) is 13.1. The number of amides is 1. The molecule has 0 saturated carbocycles. The smallest absolute Gasteiger partial charge is 0.255 e. The summed E-state index contributed by atoms with van der Waals surface area (Å²) in [6.07, 6.45) is 1.72. The average Bonchev–Trinajstić information content (AvgIpc) is 2.86. The Hall–Kier alpha value is -1.87. The Balaban J connectivity index is 0.00000648. The Bertz CT molecular complexity index is 858. The van der Waals surface area contributed by atoms with E-state index in [0.29, 0.717) is 56.5 Å². The van der Waals surface area contributed by atoms with Crippen LogP contribution < -0.4 is 21.1 Å². The summed E-state index contributed by atoms with van der Waals surface area (Å²) < 4.78 is 10.9. The number of para-hydroxylation sites is 1. The number of nitrogens with one attached hydrogen (secondary N) is 2. The van der Waals surface area contributed by atoms with E-state index in [0.717, 1.165) is 18.4 Å². The Kier molecular flexibility index (Phi) is 19.1. The van der Waals surface area contributed by atoms with Gasteiger partial charge in [-0.3, -0.25) is 4.79 Å². The summed E-state index contributed by atoms with van der Waals surface area (Å²) >= 11 is 0. The lowest BCUT2D eigenvalue weighted by Gasteiger charge is -2.27. The first kappa shape index (κ1) is 35.1. The Morgan fingerprint density at radius 3 is 2.30 bits per heavy atom. The van der Waals surface area contributed by atoms with Crippen molar-refractivity contribution in [2.75, 3.05) is 33.4 Å². The van der Waals surface area contributed by atoms with Crippen LogP contribution in [0, 0.1) is 11.8 Å². The number of carbonyl (C=O) groups is 1. The number of hydrogen-bond donors (Lipinski definition) is 4. The number of aliphatic hydroxyl groups is 1. The fourth-order valence-electron chi connectivity index (χ4n) is 3.84. The molecule has 7 nitrogen and oxygen atoms in total. The Labute approximate surface area is 234 Å². The lowest BCUT2D eigenvalue weighted by Crippen LogP contribution is -2.44. The fourth-order valence-corrected chi connectivity index (χ4v) is 3.84. The lowest BCUT2D eigenvalue weighted by atomic mass is 9.87.